The second kappa shape index (κ2) is 5.95. The normalized spacial score (nSPS) is 20.6. The molecule has 0 spiro atoms. The van der Waals surface area contributed by atoms with Crippen LogP contribution in [0.4, 0.5) is 8.78 Å². The van der Waals surface area contributed by atoms with E-state index in [1.54, 1.807) is 0 Å². The summed E-state index contributed by atoms with van der Waals surface area (Å²) in [6.45, 7) is 0. The Balaban J connectivity index is 1.68. The third-order valence-corrected chi connectivity index (χ3v) is 5.90. The molecule has 0 saturated heterocycles. The maximum atomic E-state index is 13.0. The lowest BCUT2D eigenvalue weighted by Gasteiger charge is -2.28. The van der Waals surface area contributed by atoms with Crippen LogP contribution in [0.3, 0.4) is 0 Å². The Morgan fingerprint density at radius 1 is 1.35 bits per heavy atom. The zero-order valence-corrected chi connectivity index (χ0v) is 12.7. The van der Waals surface area contributed by atoms with Gasteiger partial charge in [0, 0.05) is 21.3 Å². The van der Waals surface area contributed by atoms with E-state index in [-0.39, 0.29) is 12.8 Å². The summed E-state index contributed by atoms with van der Waals surface area (Å²) in [5, 5.41) is 2.12. The van der Waals surface area contributed by atoms with Crippen molar-refractivity contribution >= 4 is 33.9 Å². The number of hydrogen-bond donors (Lipinski definition) is 0. The van der Waals surface area contributed by atoms with Crippen LogP contribution in [0.25, 0.3) is 0 Å². The van der Waals surface area contributed by atoms with Crippen molar-refractivity contribution in [1.29, 1.82) is 0 Å². The predicted molar refractivity (Wildman–Crippen MR) is 76.9 cm³/mol. The minimum Gasteiger partial charge on any atom is -0.207 e. The summed E-state index contributed by atoms with van der Waals surface area (Å²) in [7, 11) is 0. The molecule has 0 bridgehead atoms. The van der Waals surface area contributed by atoms with Crippen LogP contribution in [0.2, 0.25) is 0 Å². The number of rotatable bonds is 4. The second-order valence-electron chi connectivity index (χ2n) is 4.88. The molecular weight excluding hydrogens is 353 g/mol. The first-order valence-corrected chi connectivity index (χ1v) is 8.12. The van der Waals surface area contributed by atoms with Gasteiger partial charge < -0.3 is 0 Å². The van der Waals surface area contributed by atoms with Crippen molar-refractivity contribution in [3.8, 4) is 0 Å². The average Bonchev–Trinajstić information content (AvgIpc) is 2.67. The standard InChI is InChI=1S/C13H17F2IS/c14-13(15)7-4-10(5-8-13)2-1-3-12-11(16)6-9-17-12/h6,9-10H,1-5,7-8H2. The van der Waals surface area contributed by atoms with E-state index < -0.39 is 5.92 Å². The molecule has 1 fully saturated rings. The van der Waals surface area contributed by atoms with Crippen molar-refractivity contribution in [1.82, 2.24) is 0 Å². The van der Waals surface area contributed by atoms with Gasteiger partial charge in [0.25, 0.3) is 0 Å². The molecule has 17 heavy (non-hydrogen) atoms. The van der Waals surface area contributed by atoms with Crippen molar-refractivity contribution in [2.24, 2.45) is 5.92 Å². The van der Waals surface area contributed by atoms with Crippen molar-refractivity contribution in [2.45, 2.75) is 50.9 Å². The molecule has 0 aromatic carbocycles. The smallest absolute Gasteiger partial charge is 0.207 e. The summed E-state index contributed by atoms with van der Waals surface area (Å²) in [6.07, 6.45) is 5.02. The van der Waals surface area contributed by atoms with E-state index in [1.165, 1.54) is 8.45 Å². The zero-order valence-electron chi connectivity index (χ0n) is 9.72. The SMILES string of the molecule is FC1(F)CCC(CCCc2sccc2I)CC1. The van der Waals surface area contributed by atoms with E-state index in [2.05, 4.69) is 34.0 Å². The average molecular weight is 370 g/mol. The van der Waals surface area contributed by atoms with Crippen LogP contribution in [0, 0.1) is 9.49 Å². The molecule has 1 aromatic heterocycles. The predicted octanol–water partition coefficient (Wildman–Crippen LogP) is 5.50. The summed E-state index contributed by atoms with van der Waals surface area (Å²) in [5.74, 6) is -1.84. The summed E-state index contributed by atoms with van der Waals surface area (Å²) >= 11 is 4.17. The fourth-order valence-corrected chi connectivity index (χ4v) is 4.33. The third kappa shape index (κ3) is 4.16. The maximum Gasteiger partial charge on any atom is 0.248 e. The molecule has 1 aliphatic rings. The van der Waals surface area contributed by atoms with Gasteiger partial charge >= 0.3 is 0 Å². The van der Waals surface area contributed by atoms with E-state index in [4.69, 9.17) is 0 Å². The molecular formula is C13H17F2IS. The van der Waals surface area contributed by atoms with E-state index in [0.29, 0.717) is 18.8 Å². The monoisotopic (exact) mass is 370 g/mol. The van der Waals surface area contributed by atoms with Gasteiger partial charge in [0.1, 0.15) is 0 Å². The van der Waals surface area contributed by atoms with Gasteiger partial charge in [-0.05, 0) is 65.6 Å². The summed E-state index contributed by atoms with van der Waals surface area (Å²) < 4.78 is 27.3. The van der Waals surface area contributed by atoms with E-state index in [9.17, 15) is 8.78 Å². The van der Waals surface area contributed by atoms with Gasteiger partial charge in [0.2, 0.25) is 5.92 Å². The van der Waals surface area contributed by atoms with Crippen LogP contribution in [0.1, 0.15) is 43.4 Å². The lowest BCUT2D eigenvalue weighted by atomic mass is 9.84. The van der Waals surface area contributed by atoms with Crippen molar-refractivity contribution in [2.75, 3.05) is 0 Å². The topological polar surface area (TPSA) is 0 Å². The quantitative estimate of drug-likeness (QED) is 0.614. The molecule has 1 heterocycles. The van der Waals surface area contributed by atoms with Crippen LogP contribution in [0.5, 0.6) is 0 Å². The molecule has 1 aliphatic carbocycles. The van der Waals surface area contributed by atoms with Gasteiger partial charge in [-0.1, -0.05) is 6.42 Å². The Labute approximate surface area is 119 Å². The molecule has 0 radical (unpaired) electrons. The molecule has 0 N–H and O–H groups in total. The Morgan fingerprint density at radius 2 is 2.06 bits per heavy atom. The van der Waals surface area contributed by atoms with Crippen LogP contribution < -0.4 is 0 Å². The lowest BCUT2D eigenvalue weighted by molar-refractivity contribution is -0.0466. The van der Waals surface area contributed by atoms with Crippen molar-refractivity contribution < 1.29 is 8.78 Å². The summed E-state index contributed by atoms with van der Waals surface area (Å²) in [6, 6.07) is 2.14. The second-order valence-corrected chi connectivity index (χ2v) is 7.05. The maximum absolute atomic E-state index is 13.0. The molecule has 0 unspecified atom stereocenters. The molecule has 1 aromatic rings. The van der Waals surface area contributed by atoms with Gasteiger partial charge in [-0.25, -0.2) is 8.78 Å². The molecule has 96 valence electrons. The number of alkyl halides is 2. The first-order valence-electron chi connectivity index (χ1n) is 6.16. The lowest BCUT2D eigenvalue weighted by Crippen LogP contribution is -2.24. The Hall–Kier alpha value is 0.290. The Kier molecular flexibility index (Phi) is 4.80. The van der Waals surface area contributed by atoms with Crippen LogP contribution in [-0.2, 0) is 6.42 Å². The van der Waals surface area contributed by atoms with Gasteiger partial charge in [-0.3, -0.25) is 0 Å². The van der Waals surface area contributed by atoms with Crippen LogP contribution in [-0.4, -0.2) is 5.92 Å². The number of aryl methyl sites for hydroxylation is 1. The van der Waals surface area contributed by atoms with Gasteiger partial charge in [-0.2, -0.15) is 0 Å². The fraction of sp³-hybridized carbons (Fsp3) is 0.692. The van der Waals surface area contributed by atoms with Crippen molar-refractivity contribution in [3.05, 3.63) is 19.9 Å². The van der Waals surface area contributed by atoms with Crippen molar-refractivity contribution in [3.63, 3.8) is 0 Å². The highest BCUT2D eigenvalue weighted by molar-refractivity contribution is 14.1. The van der Waals surface area contributed by atoms with Gasteiger partial charge in [-0.15, -0.1) is 11.3 Å². The fourth-order valence-electron chi connectivity index (χ4n) is 2.44. The van der Waals surface area contributed by atoms with E-state index in [0.717, 1.165) is 19.3 Å². The van der Waals surface area contributed by atoms with Gasteiger partial charge in [0.15, 0.2) is 0 Å². The first kappa shape index (κ1) is 13.7. The highest BCUT2D eigenvalue weighted by Gasteiger charge is 2.34. The zero-order chi connectivity index (χ0) is 12.3. The van der Waals surface area contributed by atoms with Crippen LogP contribution >= 0.6 is 33.9 Å². The summed E-state index contributed by atoms with van der Waals surface area (Å²) in [5.41, 5.74) is 0. The molecule has 0 aliphatic heterocycles. The molecule has 1 saturated carbocycles. The summed E-state index contributed by atoms with van der Waals surface area (Å²) in [4.78, 5) is 1.45. The molecule has 0 nitrogen and oxygen atoms in total. The van der Waals surface area contributed by atoms with Gasteiger partial charge in [0.05, 0.1) is 0 Å². The number of thiophene rings is 1. The van der Waals surface area contributed by atoms with Crippen LogP contribution in [0.15, 0.2) is 11.4 Å². The van der Waals surface area contributed by atoms with E-state index >= 15 is 0 Å². The highest BCUT2D eigenvalue weighted by atomic mass is 127. The van der Waals surface area contributed by atoms with E-state index in [1.807, 2.05) is 11.3 Å². The molecule has 4 heteroatoms. The first-order chi connectivity index (χ1) is 8.07. The molecule has 2 rings (SSSR count). The Bertz CT molecular complexity index is 352. The number of hydrogen-bond acceptors (Lipinski definition) is 1. The highest BCUT2D eigenvalue weighted by Crippen LogP contribution is 2.38. The minimum atomic E-state index is -2.38. The number of halogens is 3. The molecule has 0 amide bonds. The Morgan fingerprint density at radius 3 is 2.65 bits per heavy atom. The minimum absolute atomic E-state index is 0.105. The molecule has 0 atom stereocenters. The third-order valence-electron chi connectivity index (χ3n) is 3.54. The largest absolute Gasteiger partial charge is 0.248 e.